The molecule has 0 aromatic carbocycles. The molecule has 1 aromatic rings. The Labute approximate surface area is 82.1 Å². The van der Waals surface area contributed by atoms with E-state index in [0.29, 0.717) is 31.0 Å². The Morgan fingerprint density at radius 1 is 1.71 bits per heavy atom. The number of ketones is 1. The predicted octanol–water partition coefficient (Wildman–Crippen LogP) is 0.623. The molecule has 0 bridgehead atoms. The summed E-state index contributed by atoms with van der Waals surface area (Å²) >= 11 is 0. The average molecular weight is 195 g/mol. The van der Waals surface area contributed by atoms with Crippen LogP contribution in [0.4, 0.5) is 0 Å². The zero-order valence-corrected chi connectivity index (χ0v) is 8.14. The van der Waals surface area contributed by atoms with Gasteiger partial charge in [-0.2, -0.15) is 4.98 Å². The van der Waals surface area contributed by atoms with Crippen molar-refractivity contribution < 1.29 is 9.32 Å². The van der Waals surface area contributed by atoms with Crippen LogP contribution >= 0.6 is 0 Å². The van der Waals surface area contributed by atoms with Crippen LogP contribution in [-0.4, -0.2) is 33.4 Å². The number of likely N-dealkylation sites (tertiary alicyclic amines) is 1. The molecule has 0 aliphatic carbocycles. The van der Waals surface area contributed by atoms with Crippen molar-refractivity contribution in [2.45, 2.75) is 32.4 Å². The molecule has 1 aliphatic heterocycles. The Kier molecular flexibility index (Phi) is 2.58. The van der Waals surface area contributed by atoms with Crippen LogP contribution in [0.15, 0.2) is 10.9 Å². The lowest BCUT2D eigenvalue weighted by atomic mass is 10.0. The number of carbonyl (C=O) groups is 1. The van der Waals surface area contributed by atoms with Crippen molar-refractivity contribution in [3.05, 3.63) is 12.2 Å². The van der Waals surface area contributed by atoms with Gasteiger partial charge in [-0.25, -0.2) is 0 Å². The fourth-order valence-electron chi connectivity index (χ4n) is 1.73. The third kappa shape index (κ3) is 1.98. The van der Waals surface area contributed by atoms with Gasteiger partial charge in [-0.05, 0) is 6.92 Å². The van der Waals surface area contributed by atoms with Gasteiger partial charge in [-0.1, -0.05) is 5.16 Å². The Morgan fingerprint density at radius 2 is 2.57 bits per heavy atom. The molecule has 76 valence electrons. The summed E-state index contributed by atoms with van der Waals surface area (Å²) in [5, 5.41) is 3.75. The lowest BCUT2D eigenvalue weighted by Crippen LogP contribution is -2.40. The van der Waals surface area contributed by atoms with Gasteiger partial charge in [0.05, 0.1) is 6.54 Å². The fraction of sp³-hybridized carbons (Fsp3) is 0.667. The van der Waals surface area contributed by atoms with Crippen LogP contribution in [0, 0.1) is 0 Å². The number of rotatable bonds is 2. The molecular weight excluding hydrogens is 182 g/mol. The highest BCUT2D eigenvalue weighted by molar-refractivity contribution is 5.79. The van der Waals surface area contributed by atoms with Crippen molar-refractivity contribution >= 4 is 5.78 Å². The van der Waals surface area contributed by atoms with Crippen LogP contribution in [-0.2, 0) is 11.3 Å². The van der Waals surface area contributed by atoms with Gasteiger partial charge in [0.25, 0.3) is 0 Å². The molecule has 14 heavy (non-hydrogen) atoms. The maximum atomic E-state index is 11.1. The van der Waals surface area contributed by atoms with Crippen molar-refractivity contribution in [2.24, 2.45) is 0 Å². The minimum atomic E-state index is 0.287. The standard InChI is InChI=1S/C9H13N3O2/c1-7-4-8(13)2-3-12(7)5-9-10-6-14-11-9/h6-7H,2-5H2,1H3. The first kappa shape index (κ1) is 9.33. The first-order valence-electron chi connectivity index (χ1n) is 4.76. The van der Waals surface area contributed by atoms with E-state index in [0.717, 1.165) is 6.54 Å². The van der Waals surface area contributed by atoms with Crippen molar-refractivity contribution in [2.75, 3.05) is 6.54 Å². The highest BCUT2D eigenvalue weighted by Gasteiger charge is 2.24. The third-order valence-electron chi connectivity index (χ3n) is 2.58. The van der Waals surface area contributed by atoms with Crippen LogP contribution in [0.5, 0.6) is 0 Å². The molecule has 1 fully saturated rings. The third-order valence-corrected chi connectivity index (χ3v) is 2.58. The largest absolute Gasteiger partial charge is 0.343 e. The summed E-state index contributed by atoms with van der Waals surface area (Å²) in [6.07, 6.45) is 2.61. The van der Waals surface area contributed by atoms with Crippen LogP contribution < -0.4 is 0 Å². The smallest absolute Gasteiger partial charge is 0.213 e. The van der Waals surface area contributed by atoms with Gasteiger partial charge in [0, 0.05) is 25.4 Å². The summed E-state index contributed by atoms with van der Waals surface area (Å²) in [4.78, 5) is 17.3. The normalized spacial score (nSPS) is 24.1. The summed E-state index contributed by atoms with van der Waals surface area (Å²) in [5.74, 6) is 1.04. The van der Waals surface area contributed by atoms with Crippen molar-refractivity contribution in [3.63, 3.8) is 0 Å². The van der Waals surface area contributed by atoms with Gasteiger partial charge in [0.15, 0.2) is 5.82 Å². The van der Waals surface area contributed by atoms with E-state index < -0.39 is 0 Å². The van der Waals surface area contributed by atoms with Crippen LogP contribution in [0.1, 0.15) is 25.6 Å². The van der Waals surface area contributed by atoms with Gasteiger partial charge in [-0.3, -0.25) is 9.69 Å². The number of aromatic nitrogens is 2. The molecule has 0 radical (unpaired) electrons. The van der Waals surface area contributed by atoms with E-state index in [1.807, 2.05) is 0 Å². The second-order valence-corrected chi connectivity index (χ2v) is 3.66. The molecule has 2 heterocycles. The first-order valence-corrected chi connectivity index (χ1v) is 4.76. The molecule has 1 saturated heterocycles. The number of hydrogen-bond acceptors (Lipinski definition) is 5. The number of piperidine rings is 1. The van der Waals surface area contributed by atoms with Crippen LogP contribution in [0.25, 0.3) is 0 Å². The van der Waals surface area contributed by atoms with E-state index in [1.54, 1.807) is 0 Å². The molecule has 0 spiro atoms. The van der Waals surface area contributed by atoms with Crippen LogP contribution in [0.3, 0.4) is 0 Å². The molecule has 5 nitrogen and oxygen atoms in total. The molecule has 1 aromatic heterocycles. The van der Waals surface area contributed by atoms with E-state index in [1.165, 1.54) is 6.39 Å². The summed E-state index contributed by atoms with van der Waals surface area (Å²) < 4.78 is 4.66. The van der Waals surface area contributed by atoms with Crippen molar-refractivity contribution in [1.82, 2.24) is 15.0 Å². The molecule has 1 atom stereocenters. The lowest BCUT2D eigenvalue weighted by Gasteiger charge is -2.31. The zero-order valence-electron chi connectivity index (χ0n) is 8.14. The Hall–Kier alpha value is -1.23. The zero-order chi connectivity index (χ0) is 9.97. The Morgan fingerprint density at radius 3 is 3.21 bits per heavy atom. The highest BCUT2D eigenvalue weighted by Crippen LogP contribution is 2.15. The van der Waals surface area contributed by atoms with Gasteiger partial charge < -0.3 is 4.52 Å². The van der Waals surface area contributed by atoms with E-state index in [-0.39, 0.29) is 6.04 Å². The predicted molar refractivity (Wildman–Crippen MR) is 48.4 cm³/mol. The minimum absolute atomic E-state index is 0.287. The van der Waals surface area contributed by atoms with Crippen molar-refractivity contribution in [3.8, 4) is 0 Å². The van der Waals surface area contributed by atoms with Gasteiger partial charge in [0.2, 0.25) is 6.39 Å². The second kappa shape index (κ2) is 3.88. The summed E-state index contributed by atoms with van der Waals surface area (Å²) in [7, 11) is 0. The SMILES string of the molecule is CC1CC(=O)CCN1Cc1ncon1. The van der Waals surface area contributed by atoms with E-state index in [9.17, 15) is 4.79 Å². The monoisotopic (exact) mass is 195 g/mol. The molecule has 0 amide bonds. The number of Topliss-reactive ketones (excluding diaryl/α,β-unsaturated/α-hetero) is 1. The first-order chi connectivity index (χ1) is 6.75. The highest BCUT2D eigenvalue weighted by atomic mass is 16.5. The van der Waals surface area contributed by atoms with Gasteiger partial charge in [0.1, 0.15) is 5.78 Å². The van der Waals surface area contributed by atoms with Gasteiger partial charge >= 0.3 is 0 Å². The number of carbonyl (C=O) groups excluding carboxylic acids is 1. The quantitative estimate of drug-likeness (QED) is 0.692. The molecule has 0 N–H and O–H groups in total. The Balaban J connectivity index is 1.95. The molecule has 5 heteroatoms. The fourth-order valence-corrected chi connectivity index (χ4v) is 1.73. The van der Waals surface area contributed by atoms with Crippen molar-refractivity contribution in [1.29, 1.82) is 0 Å². The number of nitrogens with zero attached hydrogens (tertiary/aromatic N) is 3. The lowest BCUT2D eigenvalue weighted by molar-refractivity contribution is -0.123. The van der Waals surface area contributed by atoms with Gasteiger partial charge in [-0.15, -0.1) is 0 Å². The maximum absolute atomic E-state index is 11.1. The average Bonchev–Trinajstić information content (AvgIpc) is 2.62. The van der Waals surface area contributed by atoms with E-state index in [2.05, 4.69) is 26.5 Å². The topological polar surface area (TPSA) is 59.2 Å². The summed E-state index contributed by atoms with van der Waals surface area (Å²) in [5.41, 5.74) is 0. The van der Waals surface area contributed by atoms with E-state index >= 15 is 0 Å². The second-order valence-electron chi connectivity index (χ2n) is 3.66. The van der Waals surface area contributed by atoms with Crippen LogP contribution in [0.2, 0.25) is 0 Å². The molecule has 1 aliphatic rings. The maximum Gasteiger partial charge on any atom is 0.213 e. The minimum Gasteiger partial charge on any atom is -0.343 e. The number of hydrogen-bond donors (Lipinski definition) is 0. The van der Waals surface area contributed by atoms with E-state index in [4.69, 9.17) is 0 Å². The molecule has 1 unspecified atom stereocenters. The molecule has 2 rings (SSSR count). The Bertz CT molecular complexity index is 310. The summed E-state index contributed by atoms with van der Waals surface area (Å²) in [6.45, 7) is 3.52. The molecule has 0 saturated carbocycles. The molecular formula is C9H13N3O2. The summed E-state index contributed by atoms with van der Waals surface area (Å²) in [6, 6.07) is 0.287.